The molecule has 0 radical (unpaired) electrons. The first kappa shape index (κ1) is 13.1. The highest BCUT2D eigenvalue weighted by molar-refractivity contribution is 5.96. The number of hydrogen-bond donors (Lipinski definition) is 1. The maximum absolute atomic E-state index is 11.4. The van der Waals surface area contributed by atoms with E-state index in [1.54, 1.807) is 6.07 Å². The number of benzene rings is 2. The molecule has 0 aromatic heterocycles. The Morgan fingerprint density at radius 2 is 1.89 bits per heavy atom. The molecule has 2 aromatic rings. The molecule has 0 spiro atoms. The lowest BCUT2D eigenvalue weighted by Crippen LogP contribution is -1.99. The van der Waals surface area contributed by atoms with Crippen LogP contribution in [0.15, 0.2) is 42.5 Å². The lowest BCUT2D eigenvalue weighted by atomic mass is 10.0. The van der Waals surface area contributed by atoms with Gasteiger partial charge in [0.05, 0.1) is 0 Å². The van der Waals surface area contributed by atoms with E-state index in [-0.39, 0.29) is 11.5 Å². The molecule has 3 heteroatoms. The van der Waals surface area contributed by atoms with Crippen molar-refractivity contribution in [3.8, 4) is 11.5 Å². The molecule has 0 unspecified atom stereocenters. The molecule has 2 aromatic carbocycles. The summed E-state index contributed by atoms with van der Waals surface area (Å²) in [6, 6.07) is 12.9. The smallest absolute Gasteiger partial charge is 0.161 e. The van der Waals surface area contributed by atoms with Crippen LogP contribution in [-0.2, 0) is 6.61 Å². The summed E-state index contributed by atoms with van der Waals surface area (Å²) in [5, 5.41) is 9.87. The molecule has 0 aliphatic heterocycles. The third-order valence-corrected chi connectivity index (χ3v) is 2.92. The van der Waals surface area contributed by atoms with Gasteiger partial charge in [-0.2, -0.15) is 0 Å². The molecule has 98 valence electrons. The third-order valence-electron chi connectivity index (χ3n) is 2.92. The Morgan fingerprint density at radius 3 is 2.53 bits per heavy atom. The fourth-order valence-corrected chi connectivity index (χ4v) is 1.90. The number of hydrogen-bond acceptors (Lipinski definition) is 3. The zero-order valence-corrected chi connectivity index (χ0v) is 11.0. The summed E-state index contributed by atoms with van der Waals surface area (Å²) in [5.74, 6) is 0.320. The van der Waals surface area contributed by atoms with Crippen molar-refractivity contribution in [2.45, 2.75) is 20.5 Å². The summed E-state index contributed by atoms with van der Waals surface area (Å²) >= 11 is 0. The summed E-state index contributed by atoms with van der Waals surface area (Å²) < 4.78 is 5.58. The number of rotatable bonds is 4. The first-order valence-electron chi connectivity index (χ1n) is 6.09. The number of aryl methyl sites for hydroxylation is 1. The fourth-order valence-electron chi connectivity index (χ4n) is 1.90. The molecule has 0 atom stereocenters. The molecular formula is C16H16O3. The van der Waals surface area contributed by atoms with E-state index in [0.29, 0.717) is 17.9 Å². The first-order chi connectivity index (χ1) is 9.08. The van der Waals surface area contributed by atoms with Crippen LogP contribution in [0, 0.1) is 6.92 Å². The molecule has 0 bridgehead atoms. The van der Waals surface area contributed by atoms with Crippen LogP contribution >= 0.6 is 0 Å². The number of carbonyl (C=O) groups excluding carboxylic acids is 1. The first-order valence-corrected chi connectivity index (χ1v) is 6.09. The normalized spacial score (nSPS) is 10.2. The van der Waals surface area contributed by atoms with Crippen LogP contribution in [0.5, 0.6) is 11.5 Å². The Kier molecular flexibility index (Phi) is 3.85. The van der Waals surface area contributed by atoms with Crippen molar-refractivity contribution in [1.82, 2.24) is 0 Å². The van der Waals surface area contributed by atoms with Crippen molar-refractivity contribution >= 4 is 5.78 Å². The van der Waals surface area contributed by atoms with Crippen LogP contribution in [-0.4, -0.2) is 10.9 Å². The highest BCUT2D eigenvalue weighted by Crippen LogP contribution is 2.30. The highest BCUT2D eigenvalue weighted by Gasteiger charge is 2.10. The zero-order chi connectivity index (χ0) is 13.8. The highest BCUT2D eigenvalue weighted by atomic mass is 16.5. The number of carbonyl (C=O) groups is 1. The molecule has 0 amide bonds. The number of phenols is 1. The van der Waals surface area contributed by atoms with Crippen molar-refractivity contribution in [2.24, 2.45) is 0 Å². The Bertz CT molecular complexity index is 588. The lowest BCUT2D eigenvalue weighted by molar-refractivity contribution is 0.101. The van der Waals surface area contributed by atoms with Gasteiger partial charge in [-0.15, -0.1) is 0 Å². The minimum absolute atomic E-state index is 0.00766. The quantitative estimate of drug-likeness (QED) is 0.852. The van der Waals surface area contributed by atoms with Crippen LogP contribution in [0.2, 0.25) is 0 Å². The summed E-state index contributed by atoms with van der Waals surface area (Å²) in [6.07, 6.45) is 0. The molecule has 0 saturated heterocycles. The van der Waals surface area contributed by atoms with Gasteiger partial charge in [0, 0.05) is 5.56 Å². The molecule has 0 heterocycles. The summed E-state index contributed by atoms with van der Waals surface area (Å²) in [5.41, 5.74) is 2.34. The Morgan fingerprint density at radius 1 is 1.21 bits per heavy atom. The molecule has 19 heavy (non-hydrogen) atoms. The monoisotopic (exact) mass is 256 g/mol. The molecule has 0 saturated carbocycles. The number of ether oxygens (including phenoxy) is 1. The van der Waals surface area contributed by atoms with Crippen LogP contribution in [0.3, 0.4) is 0 Å². The standard InChI is InChI=1S/C16H16O3/c1-11-8-16(15(18)9-14(11)12(2)17)19-10-13-6-4-3-5-7-13/h3-9,18H,10H2,1-2H3. The summed E-state index contributed by atoms with van der Waals surface area (Å²) in [7, 11) is 0. The van der Waals surface area contributed by atoms with Gasteiger partial charge in [-0.3, -0.25) is 4.79 Å². The summed E-state index contributed by atoms with van der Waals surface area (Å²) in [4.78, 5) is 11.4. The van der Waals surface area contributed by atoms with Crippen molar-refractivity contribution in [1.29, 1.82) is 0 Å². The van der Waals surface area contributed by atoms with Crippen LogP contribution in [0.1, 0.15) is 28.4 Å². The Balaban J connectivity index is 2.17. The largest absolute Gasteiger partial charge is 0.504 e. The minimum Gasteiger partial charge on any atom is -0.504 e. The lowest BCUT2D eigenvalue weighted by Gasteiger charge is -2.11. The number of aromatic hydroxyl groups is 1. The predicted molar refractivity (Wildman–Crippen MR) is 73.6 cm³/mol. The molecule has 0 fully saturated rings. The molecular weight excluding hydrogens is 240 g/mol. The van der Waals surface area contributed by atoms with Gasteiger partial charge in [0.2, 0.25) is 0 Å². The van der Waals surface area contributed by atoms with Gasteiger partial charge >= 0.3 is 0 Å². The van der Waals surface area contributed by atoms with Gasteiger partial charge in [0.25, 0.3) is 0 Å². The fraction of sp³-hybridized carbons (Fsp3) is 0.188. The van der Waals surface area contributed by atoms with Crippen LogP contribution in [0.25, 0.3) is 0 Å². The number of phenolic OH excluding ortho intramolecular Hbond substituents is 1. The third kappa shape index (κ3) is 3.13. The Labute approximate surface area is 112 Å². The molecule has 3 nitrogen and oxygen atoms in total. The van der Waals surface area contributed by atoms with Crippen LogP contribution < -0.4 is 4.74 Å². The van der Waals surface area contributed by atoms with Crippen molar-refractivity contribution in [2.75, 3.05) is 0 Å². The van der Waals surface area contributed by atoms with Crippen molar-refractivity contribution < 1.29 is 14.6 Å². The average Bonchev–Trinajstić information content (AvgIpc) is 2.40. The van der Waals surface area contributed by atoms with E-state index in [9.17, 15) is 9.90 Å². The molecule has 0 aliphatic rings. The molecule has 1 N–H and O–H groups in total. The predicted octanol–water partition coefficient (Wildman–Crippen LogP) is 3.48. The van der Waals surface area contributed by atoms with Gasteiger partial charge in [-0.05, 0) is 37.1 Å². The molecule has 0 aliphatic carbocycles. The van der Waals surface area contributed by atoms with Gasteiger partial charge in [-0.1, -0.05) is 30.3 Å². The van der Waals surface area contributed by atoms with Crippen LogP contribution in [0.4, 0.5) is 0 Å². The second-order valence-corrected chi connectivity index (χ2v) is 4.47. The zero-order valence-electron chi connectivity index (χ0n) is 11.0. The van der Waals surface area contributed by atoms with E-state index in [0.717, 1.165) is 11.1 Å². The van der Waals surface area contributed by atoms with E-state index >= 15 is 0 Å². The van der Waals surface area contributed by atoms with Gasteiger partial charge in [0.1, 0.15) is 6.61 Å². The summed E-state index contributed by atoms with van der Waals surface area (Å²) in [6.45, 7) is 3.69. The average molecular weight is 256 g/mol. The second-order valence-electron chi connectivity index (χ2n) is 4.47. The Hall–Kier alpha value is -2.29. The number of ketones is 1. The minimum atomic E-state index is -0.0672. The van der Waals surface area contributed by atoms with Crippen molar-refractivity contribution in [3.05, 3.63) is 59.2 Å². The van der Waals surface area contributed by atoms with Gasteiger partial charge < -0.3 is 9.84 Å². The van der Waals surface area contributed by atoms with Gasteiger partial charge in [0.15, 0.2) is 17.3 Å². The number of Topliss-reactive ketones (excluding diaryl/α,β-unsaturated/α-hetero) is 1. The second kappa shape index (κ2) is 5.57. The van der Waals surface area contributed by atoms with E-state index in [2.05, 4.69) is 0 Å². The van der Waals surface area contributed by atoms with E-state index in [1.165, 1.54) is 13.0 Å². The SMILES string of the molecule is CC(=O)c1cc(O)c(OCc2ccccc2)cc1C. The topological polar surface area (TPSA) is 46.5 Å². The maximum atomic E-state index is 11.4. The van der Waals surface area contributed by atoms with Gasteiger partial charge in [-0.25, -0.2) is 0 Å². The maximum Gasteiger partial charge on any atom is 0.161 e. The molecule has 2 rings (SSSR count). The van der Waals surface area contributed by atoms with E-state index in [4.69, 9.17) is 4.74 Å². The van der Waals surface area contributed by atoms with Crippen molar-refractivity contribution in [3.63, 3.8) is 0 Å². The van der Waals surface area contributed by atoms with E-state index < -0.39 is 0 Å². The van der Waals surface area contributed by atoms with E-state index in [1.807, 2.05) is 37.3 Å².